The van der Waals surface area contributed by atoms with Crippen LogP contribution in [0.25, 0.3) is 10.8 Å². The molecule has 0 atom stereocenters. The molecule has 2 aliphatic heterocycles. The van der Waals surface area contributed by atoms with Gasteiger partial charge in [0.25, 0.3) is 5.56 Å². The van der Waals surface area contributed by atoms with Crippen molar-refractivity contribution in [3.05, 3.63) is 39.8 Å². The van der Waals surface area contributed by atoms with E-state index in [1.165, 1.54) is 0 Å². The molecular weight excluding hydrogens is 416 g/mol. The van der Waals surface area contributed by atoms with Crippen molar-refractivity contribution < 1.29 is 9.53 Å². The Morgan fingerprint density at radius 1 is 1.10 bits per heavy atom. The van der Waals surface area contributed by atoms with Crippen molar-refractivity contribution in [2.75, 3.05) is 44.2 Å². The predicted molar refractivity (Wildman–Crippen MR) is 124 cm³/mol. The quantitative estimate of drug-likeness (QED) is 0.761. The molecule has 0 saturated carbocycles. The number of hydrogen-bond donors (Lipinski definition) is 1. The fourth-order valence-electron chi connectivity index (χ4n) is 4.53. The van der Waals surface area contributed by atoms with Gasteiger partial charge in [-0.2, -0.15) is 0 Å². The standard InChI is InChI=1S/C23H31ClN4O3/c1-23(2,3)31-22(30)28-8-5-17(6-9-28)26-10-12-27(13-11-26)18-14-16-4-7-25-21(29)20(16)19(24)15-18/h4,7,14-15,17H,5-6,8-13H2,1-3H3,(H,25,29). The van der Waals surface area contributed by atoms with Crippen molar-refractivity contribution in [3.63, 3.8) is 0 Å². The Balaban J connectivity index is 1.33. The summed E-state index contributed by atoms with van der Waals surface area (Å²) in [6, 6.07) is 6.33. The molecule has 0 bridgehead atoms. The highest BCUT2D eigenvalue weighted by Gasteiger charge is 2.31. The second-order valence-corrected chi connectivity index (χ2v) is 9.83. The molecule has 31 heavy (non-hydrogen) atoms. The Morgan fingerprint density at radius 3 is 2.42 bits per heavy atom. The van der Waals surface area contributed by atoms with Gasteiger partial charge in [0.15, 0.2) is 0 Å². The van der Waals surface area contributed by atoms with E-state index in [-0.39, 0.29) is 11.7 Å². The first-order valence-electron chi connectivity index (χ1n) is 11.0. The number of piperazine rings is 1. The molecule has 0 spiro atoms. The molecule has 2 aromatic rings. The number of amides is 1. The summed E-state index contributed by atoms with van der Waals surface area (Å²) < 4.78 is 5.50. The van der Waals surface area contributed by atoms with E-state index in [4.69, 9.17) is 16.3 Å². The molecule has 2 aliphatic rings. The molecule has 3 heterocycles. The molecule has 0 radical (unpaired) electrons. The largest absolute Gasteiger partial charge is 0.444 e. The summed E-state index contributed by atoms with van der Waals surface area (Å²) >= 11 is 6.42. The van der Waals surface area contributed by atoms with Crippen molar-refractivity contribution >= 4 is 34.2 Å². The van der Waals surface area contributed by atoms with Crippen molar-refractivity contribution in [3.8, 4) is 0 Å². The van der Waals surface area contributed by atoms with Gasteiger partial charge < -0.3 is 19.5 Å². The van der Waals surface area contributed by atoms with Gasteiger partial charge in [0.2, 0.25) is 0 Å². The highest BCUT2D eigenvalue weighted by atomic mass is 35.5. The number of hydrogen-bond acceptors (Lipinski definition) is 5. The van der Waals surface area contributed by atoms with Crippen LogP contribution in [0.4, 0.5) is 10.5 Å². The fraction of sp³-hybridized carbons (Fsp3) is 0.565. The van der Waals surface area contributed by atoms with E-state index in [9.17, 15) is 9.59 Å². The SMILES string of the molecule is CC(C)(C)OC(=O)N1CCC(N2CCN(c3cc(Cl)c4c(=O)[nH]ccc4c3)CC2)CC1. The van der Waals surface area contributed by atoms with Crippen molar-refractivity contribution in [2.24, 2.45) is 0 Å². The molecule has 168 valence electrons. The topological polar surface area (TPSA) is 68.9 Å². The minimum absolute atomic E-state index is 0.156. The van der Waals surface area contributed by atoms with Crippen LogP contribution in [0.5, 0.6) is 0 Å². The van der Waals surface area contributed by atoms with E-state index in [2.05, 4.69) is 14.8 Å². The number of aromatic amines is 1. The smallest absolute Gasteiger partial charge is 0.410 e. The van der Waals surface area contributed by atoms with Crippen molar-refractivity contribution in [1.82, 2.24) is 14.8 Å². The fourth-order valence-corrected chi connectivity index (χ4v) is 4.84. The number of halogens is 1. The Kier molecular flexibility index (Phi) is 6.17. The molecular formula is C23H31ClN4O3. The number of pyridine rings is 1. The van der Waals surface area contributed by atoms with Crippen LogP contribution in [0.15, 0.2) is 29.2 Å². The summed E-state index contributed by atoms with van der Waals surface area (Å²) in [6.07, 6.45) is 3.41. The van der Waals surface area contributed by atoms with Gasteiger partial charge in [-0.25, -0.2) is 4.79 Å². The number of benzene rings is 1. The molecule has 4 rings (SSSR count). The van der Waals surface area contributed by atoms with Crippen LogP contribution in [-0.2, 0) is 4.74 Å². The minimum atomic E-state index is -0.455. The highest BCUT2D eigenvalue weighted by molar-refractivity contribution is 6.35. The lowest BCUT2D eigenvalue weighted by Gasteiger charge is -2.43. The number of piperidine rings is 1. The van der Waals surface area contributed by atoms with Crippen LogP contribution in [-0.4, -0.2) is 71.8 Å². The third-order valence-electron chi connectivity index (χ3n) is 6.12. The van der Waals surface area contributed by atoms with Crippen LogP contribution in [0.2, 0.25) is 5.02 Å². The lowest BCUT2D eigenvalue weighted by atomic mass is 10.0. The van der Waals surface area contributed by atoms with Crippen molar-refractivity contribution in [1.29, 1.82) is 0 Å². The third-order valence-corrected chi connectivity index (χ3v) is 6.42. The van der Waals surface area contributed by atoms with Crippen LogP contribution in [0.3, 0.4) is 0 Å². The molecule has 1 aromatic heterocycles. The van der Waals surface area contributed by atoms with Crippen molar-refractivity contribution in [2.45, 2.75) is 45.3 Å². The Bertz CT molecular complexity index is 1000. The number of H-pyrrole nitrogens is 1. The number of carbonyl (C=O) groups is 1. The second-order valence-electron chi connectivity index (χ2n) is 9.42. The Morgan fingerprint density at radius 2 is 1.77 bits per heavy atom. The van der Waals surface area contributed by atoms with Gasteiger partial charge in [-0.1, -0.05) is 11.6 Å². The Labute approximate surface area is 187 Å². The zero-order valence-corrected chi connectivity index (χ0v) is 19.2. The van der Waals surface area contributed by atoms with E-state index in [1.807, 2.05) is 43.9 Å². The average Bonchev–Trinajstić information content (AvgIpc) is 2.72. The normalized spacial score (nSPS) is 19.1. The van der Waals surface area contributed by atoms with Gasteiger partial charge in [0, 0.05) is 57.2 Å². The molecule has 1 amide bonds. The number of fused-ring (bicyclic) bond motifs is 1. The lowest BCUT2D eigenvalue weighted by molar-refractivity contribution is 0.0140. The summed E-state index contributed by atoms with van der Waals surface area (Å²) in [4.78, 5) is 33.7. The molecule has 0 aliphatic carbocycles. The number of nitrogens with one attached hydrogen (secondary N) is 1. The number of aromatic nitrogens is 1. The third kappa shape index (κ3) is 4.99. The summed E-state index contributed by atoms with van der Waals surface area (Å²) in [5.74, 6) is 0. The summed E-state index contributed by atoms with van der Waals surface area (Å²) in [5.41, 5.74) is 0.447. The first-order chi connectivity index (χ1) is 14.7. The van der Waals surface area contributed by atoms with Gasteiger partial charge in [-0.3, -0.25) is 9.69 Å². The van der Waals surface area contributed by atoms with E-state index in [1.54, 1.807) is 6.20 Å². The number of rotatable bonds is 2. The maximum Gasteiger partial charge on any atom is 0.410 e. The molecule has 0 unspecified atom stereocenters. The molecule has 1 aromatic carbocycles. The van der Waals surface area contributed by atoms with Crippen LogP contribution >= 0.6 is 11.6 Å². The highest BCUT2D eigenvalue weighted by Crippen LogP contribution is 2.29. The first-order valence-corrected chi connectivity index (χ1v) is 11.4. The van der Waals surface area contributed by atoms with Gasteiger partial charge in [0.1, 0.15) is 5.60 Å². The molecule has 1 N–H and O–H groups in total. The number of likely N-dealkylation sites (tertiary alicyclic amines) is 1. The van der Waals surface area contributed by atoms with Crippen LogP contribution in [0, 0.1) is 0 Å². The second kappa shape index (κ2) is 8.71. The number of carbonyl (C=O) groups excluding carboxylic acids is 1. The lowest BCUT2D eigenvalue weighted by Crippen LogP contribution is -2.54. The maximum absolute atomic E-state index is 12.3. The number of ether oxygens (including phenoxy) is 1. The molecule has 7 nitrogen and oxygen atoms in total. The monoisotopic (exact) mass is 446 g/mol. The number of anilines is 1. The van der Waals surface area contributed by atoms with E-state index in [0.717, 1.165) is 63.2 Å². The predicted octanol–water partition coefficient (Wildman–Crippen LogP) is 3.70. The van der Waals surface area contributed by atoms with Gasteiger partial charge in [0.05, 0.1) is 10.4 Å². The molecule has 2 saturated heterocycles. The first kappa shape index (κ1) is 22.0. The summed E-state index contributed by atoms with van der Waals surface area (Å²) in [6.45, 7) is 11.0. The molecule has 8 heteroatoms. The minimum Gasteiger partial charge on any atom is -0.444 e. The zero-order valence-electron chi connectivity index (χ0n) is 18.5. The molecule has 2 fully saturated rings. The van der Waals surface area contributed by atoms with Crippen LogP contribution in [0.1, 0.15) is 33.6 Å². The summed E-state index contributed by atoms with van der Waals surface area (Å²) in [5, 5.41) is 1.90. The average molecular weight is 447 g/mol. The van der Waals surface area contributed by atoms with Gasteiger partial charge in [-0.05, 0) is 57.2 Å². The maximum atomic E-state index is 12.3. The van der Waals surface area contributed by atoms with Gasteiger partial charge in [-0.15, -0.1) is 0 Å². The van der Waals surface area contributed by atoms with Gasteiger partial charge >= 0.3 is 6.09 Å². The van der Waals surface area contributed by atoms with Crippen LogP contribution < -0.4 is 10.5 Å². The van der Waals surface area contributed by atoms with E-state index >= 15 is 0 Å². The van der Waals surface area contributed by atoms with E-state index < -0.39 is 5.60 Å². The van der Waals surface area contributed by atoms with E-state index in [0.29, 0.717) is 16.5 Å². The number of nitrogens with zero attached hydrogens (tertiary/aromatic N) is 3. The Hall–Kier alpha value is -2.25. The summed E-state index contributed by atoms with van der Waals surface area (Å²) in [7, 11) is 0. The zero-order chi connectivity index (χ0) is 22.2.